The molecular weight excluding hydrogens is 192 g/mol. The monoisotopic (exact) mass is 210 g/mol. The first-order valence-corrected chi connectivity index (χ1v) is 5.25. The number of carbonyl (C=O) groups excluding carboxylic acids is 1. The lowest BCUT2D eigenvalue weighted by Gasteiger charge is -2.05. The third-order valence-electron chi connectivity index (χ3n) is 2.19. The maximum absolute atomic E-state index is 11.6. The van der Waals surface area contributed by atoms with E-state index in [-0.39, 0.29) is 5.97 Å². The summed E-state index contributed by atoms with van der Waals surface area (Å²) in [4.78, 5) is 11.6. The molecule has 84 valence electrons. The van der Waals surface area contributed by atoms with Crippen molar-refractivity contribution >= 4 is 5.97 Å². The van der Waals surface area contributed by atoms with Crippen LogP contribution in [0.3, 0.4) is 0 Å². The van der Waals surface area contributed by atoms with Gasteiger partial charge < -0.3 is 9.15 Å². The molecule has 1 rings (SSSR count). The Labute approximate surface area is 90.4 Å². The summed E-state index contributed by atoms with van der Waals surface area (Å²) in [6.07, 6.45) is 0.890. The van der Waals surface area contributed by atoms with E-state index in [4.69, 9.17) is 9.15 Å². The van der Waals surface area contributed by atoms with E-state index in [9.17, 15) is 4.79 Å². The fourth-order valence-electron chi connectivity index (χ4n) is 1.30. The summed E-state index contributed by atoms with van der Waals surface area (Å²) in [5, 5.41) is 0. The lowest BCUT2D eigenvalue weighted by Crippen LogP contribution is -2.08. The summed E-state index contributed by atoms with van der Waals surface area (Å²) in [7, 11) is 0. The predicted octanol–water partition coefficient (Wildman–Crippen LogP) is 3.10. The van der Waals surface area contributed by atoms with Crippen molar-refractivity contribution in [2.24, 2.45) is 5.92 Å². The Bertz CT molecular complexity index is 337. The molecule has 1 heterocycles. The largest absolute Gasteiger partial charge is 0.466 e. The van der Waals surface area contributed by atoms with Gasteiger partial charge in [0, 0.05) is 0 Å². The van der Waals surface area contributed by atoms with Gasteiger partial charge in [-0.1, -0.05) is 13.8 Å². The fourth-order valence-corrected chi connectivity index (χ4v) is 1.30. The zero-order chi connectivity index (χ0) is 11.4. The number of hydrogen-bond donors (Lipinski definition) is 0. The Kier molecular flexibility index (Phi) is 3.95. The summed E-state index contributed by atoms with van der Waals surface area (Å²) >= 11 is 0. The van der Waals surface area contributed by atoms with E-state index in [1.165, 1.54) is 0 Å². The van der Waals surface area contributed by atoms with Crippen molar-refractivity contribution in [3.63, 3.8) is 0 Å². The van der Waals surface area contributed by atoms with Crippen LogP contribution in [0.2, 0.25) is 0 Å². The molecule has 0 aliphatic heterocycles. The second-order valence-corrected chi connectivity index (χ2v) is 4.15. The van der Waals surface area contributed by atoms with Crippen LogP contribution >= 0.6 is 0 Å². The minimum absolute atomic E-state index is 0.287. The smallest absolute Gasteiger partial charge is 0.341 e. The number of aryl methyl sites for hydroxylation is 2. The molecule has 0 unspecified atom stereocenters. The number of carbonyl (C=O) groups is 1. The molecule has 0 amide bonds. The zero-order valence-corrected chi connectivity index (χ0v) is 9.79. The first kappa shape index (κ1) is 11.8. The molecule has 0 fully saturated rings. The van der Waals surface area contributed by atoms with E-state index in [1.807, 2.05) is 6.92 Å². The van der Waals surface area contributed by atoms with E-state index in [1.54, 1.807) is 13.0 Å². The quantitative estimate of drug-likeness (QED) is 0.717. The number of hydrogen-bond acceptors (Lipinski definition) is 3. The van der Waals surface area contributed by atoms with Crippen molar-refractivity contribution < 1.29 is 13.9 Å². The van der Waals surface area contributed by atoms with Crippen LogP contribution in [0.15, 0.2) is 10.5 Å². The third-order valence-corrected chi connectivity index (χ3v) is 2.19. The van der Waals surface area contributed by atoms with Gasteiger partial charge in [0.15, 0.2) is 0 Å². The number of esters is 1. The number of ether oxygens (including phenoxy) is 1. The summed E-state index contributed by atoms with van der Waals surface area (Å²) in [5.41, 5.74) is 0.538. The molecule has 0 spiro atoms. The average molecular weight is 210 g/mol. The van der Waals surface area contributed by atoms with E-state index in [0.717, 1.165) is 12.2 Å². The van der Waals surface area contributed by atoms with Crippen molar-refractivity contribution in [3.8, 4) is 0 Å². The lowest BCUT2D eigenvalue weighted by molar-refractivity contribution is 0.0486. The Morgan fingerprint density at radius 2 is 2.13 bits per heavy atom. The van der Waals surface area contributed by atoms with Gasteiger partial charge in [-0.25, -0.2) is 4.79 Å². The molecule has 0 saturated carbocycles. The van der Waals surface area contributed by atoms with Crippen molar-refractivity contribution in [3.05, 3.63) is 23.2 Å². The molecule has 1 aromatic rings. The van der Waals surface area contributed by atoms with E-state index in [2.05, 4.69) is 13.8 Å². The minimum atomic E-state index is -0.287. The van der Waals surface area contributed by atoms with Crippen molar-refractivity contribution in [1.29, 1.82) is 0 Å². The molecule has 0 N–H and O–H groups in total. The molecule has 0 atom stereocenters. The van der Waals surface area contributed by atoms with Gasteiger partial charge in [0.25, 0.3) is 0 Å². The van der Waals surface area contributed by atoms with E-state index < -0.39 is 0 Å². The van der Waals surface area contributed by atoms with Gasteiger partial charge in [0.1, 0.15) is 17.1 Å². The topological polar surface area (TPSA) is 39.4 Å². The molecule has 3 nitrogen and oxygen atoms in total. The van der Waals surface area contributed by atoms with Crippen LogP contribution in [-0.2, 0) is 4.74 Å². The number of furan rings is 1. The van der Waals surface area contributed by atoms with Crippen LogP contribution in [0.4, 0.5) is 0 Å². The Balaban J connectivity index is 2.50. The van der Waals surface area contributed by atoms with Gasteiger partial charge in [0.05, 0.1) is 6.61 Å². The van der Waals surface area contributed by atoms with Gasteiger partial charge in [-0.2, -0.15) is 0 Å². The molecule has 15 heavy (non-hydrogen) atoms. The summed E-state index contributed by atoms with van der Waals surface area (Å²) < 4.78 is 10.4. The van der Waals surface area contributed by atoms with Crippen molar-refractivity contribution in [2.75, 3.05) is 6.61 Å². The molecule has 3 heteroatoms. The Morgan fingerprint density at radius 1 is 1.47 bits per heavy atom. The average Bonchev–Trinajstić information content (AvgIpc) is 2.44. The Morgan fingerprint density at radius 3 is 2.60 bits per heavy atom. The highest BCUT2D eigenvalue weighted by molar-refractivity contribution is 5.90. The van der Waals surface area contributed by atoms with Gasteiger partial charge in [-0.05, 0) is 32.3 Å². The van der Waals surface area contributed by atoms with Gasteiger partial charge in [-0.3, -0.25) is 0 Å². The van der Waals surface area contributed by atoms with E-state index >= 15 is 0 Å². The van der Waals surface area contributed by atoms with Crippen LogP contribution in [0, 0.1) is 19.8 Å². The maximum atomic E-state index is 11.6. The SMILES string of the molecule is Cc1cc(C(=O)OCCC(C)C)c(C)o1. The first-order valence-electron chi connectivity index (χ1n) is 5.25. The second-order valence-electron chi connectivity index (χ2n) is 4.15. The van der Waals surface area contributed by atoms with Crippen LogP contribution in [0.5, 0.6) is 0 Å². The summed E-state index contributed by atoms with van der Waals surface area (Å²) in [5.74, 6) is 1.63. The third kappa shape index (κ3) is 3.42. The molecule has 0 aliphatic rings. The molecule has 0 bridgehead atoms. The molecule has 1 aromatic heterocycles. The van der Waals surface area contributed by atoms with Gasteiger partial charge >= 0.3 is 5.97 Å². The minimum Gasteiger partial charge on any atom is -0.466 e. The van der Waals surface area contributed by atoms with Crippen molar-refractivity contribution in [2.45, 2.75) is 34.1 Å². The lowest BCUT2D eigenvalue weighted by atomic mass is 10.1. The standard InChI is InChI=1S/C12H18O3/c1-8(2)5-6-14-12(13)11-7-9(3)15-10(11)4/h7-8H,5-6H2,1-4H3. The summed E-state index contributed by atoms with van der Waals surface area (Å²) in [6, 6.07) is 1.72. The Hall–Kier alpha value is -1.25. The molecule has 0 saturated heterocycles. The van der Waals surface area contributed by atoms with Gasteiger partial charge in [0.2, 0.25) is 0 Å². The molecular formula is C12H18O3. The highest BCUT2D eigenvalue weighted by Crippen LogP contribution is 2.15. The highest BCUT2D eigenvalue weighted by Gasteiger charge is 2.14. The predicted molar refractivity (Wildman–Crippen MR) is 57.9 cm³/mol. The van der Waals surface area contributed by atoms with Crippen LogP contribution in [-0.4, -0.2) is 12.6 Å². The number of rotatable bonds is 4. The normalized spacial score (nSPS) is 10.7. The summed E-state index contributed by atoms with van der Waals surface area (Å²) in [6.45, 7) is 8.26. The molecule has 0 aliphatic carbocycles. The highest BCUT2D eigenvalue weighted by atomic mass is 16.5. The van der Waals surface area contributed by atoms with Crippen molar-refractivity contribution in [1.82, 2.24) is 0 Å². The van der Waals surface area contributed by atoms with Crippen LogP contribution < -0.4 is 0 Å². The fraction of sp³-hybridized carbons (Fsp3) is 0.583. The second kappa shape index (κ2) is 5.01. The van der Waals surface area contributed by atoms with Crippen LogP contribution in [0.1, 0.15) is 42.1 Å². The zero-order valence-electron chi connectivity index (χ0n) is 9.79. The molecule has 0 radical (unpaired) electrons. The van der Waals surface area contributed by atoms with Gasteiger partial charge in [-0.15, -0.1) is 0 Å². The molecule has 0 aromatic carbocycles. The van der Waals surface area contributed by atoms with E-state index in [0.29, 0.717) is 23.8 Å². The maximum Gasteiger partial charge on any atom is 0.341 e. The van der Waals surface area contributed by atoms with Crippen LogP contribution in [0.25, 0.3) is 0 Å². The first-order chi connectivity index (χ1) is 7.00.